The lowest BCUT2D eigenvalue weighted by Crippen LogP contribution is -2.42. The van der Waals surface area contributed by atoms with Crippen LogP contribution in [0.3, 0.4) is 0 Å². The molecule has 0 bridgehead atoms. The van der Waals surface area contributed by atoms with Gasteiger partial charge < -0.3 is 14.6 Å². The van der Waals surface area contributed by atoms with Gasteiger partial charge in [-0.1, -0.05) is 12.8 Å². The summed E-state index contributed by atoms with van der Waals surface area (Å²) >= 11 is 0. The van der Waals surface area contributed by atoms with E-state index in [1.165, 1.54) is 0 Å². The second-order valence-corrected chi connectivity index (χ2v) is 4.12. The molecule has 2 rings (SSSR count). The molecule has 0 amide bonds. The minimum atomic E-state index is -0.572. The summed E-state index contributed by atoms with van der Waals surface area (Å²) in [7, 11) is 1.68. The van der Waals surface area contributed by atoms with Crippen LogP contribution in [0.5, 0.6) is 0 Å². The Bertz CT molecular complexity index is 229. The first-order valence-corrected chi connectivity index (χ1v) is 5.34. The summed E-state index contributed by atoms with van der Waals surface area (Å²) in [6.07, 6.45) is 6.46. The Morgan fingerprint density at radius 1 is 1.50 bits per heavy atom. The van der Waals surface area contributed by atoms with Crippen molar-refractivity contribution in [1.82, 2.24) is 0 Å². The molecule has 0 aromatic heterocycles. The third kappa shape index (κ3) is 1.55. The molecule has 1 unspecified atom stereocenters. The molecule has 2 aliphatic rings. The molecule has 1 fully saturated rings. The molecule has 1 saturated carbocycles. The van der Waals surface area contributed by atoms with Gasteiger partial charge in [-0.3, -0.25) is 0 Å². The Morgan fingerprint density at radius 2 is 2.21 bits per heavy atom. The molecule has 3 heteroatoms. The molecule has 3 nitrogen and oxygen atoms in total. The van der Waals surface area contributed by atoms with E-state index in [9.17, 15) is 5.11 Å². The van der Waals surface area contributed by atoms with E-state index >= 15 is 0 Å². The number of methoxy groups -OCH3 is 1. The van der Waals surface area contributed by atoms with Crippen molar-refractivity contribution in [3.8, 4) is 0 Å². The summed E-state index contributed by atoms with van der Waals surface area (Å²) in [5.41, 5.74) is -0.379. The molecule has 14 heavy (non-hydrogen) atoms. The molecular formula is C11H18O3. The molecule has 0 aromatic carbocycles. The van der Waals surface area contributed by atoms with Crippen molar-refractivity contribution >= 4 is 0 Å². The summed E-state index contributed by atoms with van der Waals surface area (Å²) < 4.78 is 10.9. The van der Waals surface area contributed by atoms with Gasteiger partial charge in [0.05, 0.1) is 6.61 Å². The van der Waals surface area contributed by atoms with Crippen LogP contribution >= 0.6 is 0 Å². The first-order valence-electron chi connectivity index (χ1n) is 5.34. The van der Waals surface area contributed by atoms with Gasteiger partial charge in [0, 0.05) is 13.5 Å². The molecule has 80 valence electrons. The maximum absolute atomic E-state index is 10.2. The van der Waals surface area contributed by atoms with Gasteiger partial charge in [0.1, 0.15) is 17.5 Å². The minimum absolute atomic E-state index is 0.379. The Morgan fingerprint density at radius 3 is 2.71 bits per heavy atom. The van der Waals surface area contributed by atoms with Crippen molar-refractivity contribution in [3.05, 3.63) is 11.8 Å². The quantitative estimate of drug-likeness (QED) is 0.748. The van der Waals surface area contributed by atoms with Crippen LogP contribution in [0.1, 0.15) is 32.1 Å². The molecule has 1 aliphatic heterocycles. The Hall–Kier alpha value is -0.540. The topological polar surface area (TPSA) is 38.7 Å². The zero-order valence-electron chi connectivity index (χ0n) is 8.66. The zero-order valence-corrected chi connectivity index (χ0v) is 8.66. The smallest absolute Gasteiger partial charge is 0.139 e. The maximum Gasteiger partial charge on any atom is 0.139 e. The van der Waals surface area contributed by atoms with E-state index in [2.05, 4.69) is 0 Å². The SMILES string of the molecule is COC1(C(O)C2=CCCO2)CCCC1. The van der Waals surface area contributed by atoms with E-state index in [1.807, 2.05) is 6.08 Å². The molecule has 0 saturated heterocycles. The maximum atomic E-state index is 10.2. The van der Waals surface area contributed by atoms with Crippen molar-refractivity contribution in [2.24, 2.45) is 0 Å². The molecule has 1 N–H and O–H groups in total. The Labute approximate surface area is 84.7 Å². The summed E-state index contributed by atoms with van der Waals surface area (Å²) in [5, 5.41) is 10.2. The average Bonchev–Trinajstić information content (AvgIpc) is 2.89. The van der Waals surface area contributed by atoms with E-state index in [0.717, 1.165) is 32.1 Å². The lowest BCUT2D eigenvalue weighted by molar-refractivity contribution is -0.0978. The predicted octanol–water partition coefficient (Wildman–Crippen LogP) is 1.61. The molecular weight excluding hydrogens is 180 g/mol. The third-order valence-corrected chi connectivity index (χ3v) is 3.36. The molecule has 0 spiro atoms. The lowest BCUT2D eigenvalue weighted by atomic mass is 9.93. The Kier molecular flexibility index (Phi) is 2.79. The van der Waals surface area contributed by atoms with Crippen LogP contribution in [-0.4, -0.2) is 30.5 Å². The predicted molar refractivity (Wildman–Crippen MR) is 52.9 cm³/mol. The van der Waals surface area contributed by atoms with Gasteiger partial charge in [0.15, 0.2) is 0 Å². The van der Waals surface area contributed by atoms with E-state index in [1.54, 1.807) is 7.11 Å². The molecule has 0 radical (unpaired) electrons. The first-order chi connectivity index (χ1) is 6.78. The van der Waals surface area contributed by atoms with E-state index < -0.39 is 6.10 Å². The van der Waals surface area contributed by atoms with Gasteiger partial charge in [-0.15, -0.1) is 0 Å². The van der Waals surface area contributed by atoms with Crippen LogP contribution in [0.2, 0.25) is 0 Å². The largest absolute Gasteiger partial charge is 0.495 e. The van der Waals surface area contributed by atoms with Crippen molar-refractivity contribution in [3.63, 3.8) is 0 Å². The van der Waals surface area contributed by atoms with Gasteiger partial charge in [-0.2, -0.15) is 0 Å². The summed E-state index contributed by atoms with van der Waals surface area (Å²) in [4.78, 5) is 0. The second-order valence-electron chi connectivity index (χ2n) is 4.12. The minimum Gasteiger partial charge on any atom is -0.495 e. The fraction of sp³-hybridized carbons (Fsp3) is 0.818. The number of ether oxygens (including phenoxy) is 2. The number of hydrogen-bond acceptors (Lipinski definition) is 3. The average molecular weight is 198 g/mol. The van der Waals surface area contributed by atoms with Crippen LogP contribution in [-0.2, 0) is 9.47 Å². The van der Waals surface area contributed by atoms with Crippen LogP contribution in [0.25, 0.3) is 0 Å². The number of hydrogen-bond donors (Lipinski definition) is 1. The van der Waals surface area contributed by atoms with E-state index in [-0.39, 0.29) is 5.60 Å². The van der Waals surface area contributed by atoms with E-state index in [0.29, 0.717) is 12.4 Å². The van der Waals surface area contributed by atoms with Crippen molar-refractivity contribution in [2.75, 3.05) is 13.7 Å². The highest BCUT2D eigenvalue weighted by Gasteiger charge is 2.43. The van der Waals surface area contributed by atoms with Gasteiger partial charge >= 0.3 is 0 Å². The molecule has 1 atom stereocenters. The standard InChI is InChI=1S/C11H18O3/c1-13-11(6-2-3-7-11)10(12)9-5-4-8-14-9/h5,10,12H,2-4,6-8H2,1H3. The monoisotopic (exact) mass is 198 g/mol. The third-order valence-electron chi connectivity index (χ3n) is 3.36. The zero-order chi connectivity index (χ0) is 10.0. The number of rotatable bonds is 3. The molecule has 0 aromatic rings. The van der Waals surface area contributed by atoms with Crippen molar-refractivity contribution < 1.29 is 14.6 Å². The van der Waals surface area contributed by atoms with Gasteiger partial charge in [-0.25, -0.2) is 0 Å². The number of aliphatic hydroxyl groups is 1. The molecule has 1 aliphatic carbocycles. The van der Waals surface area contributed by atoms with Crippen LogP contribution in [0.15, 0.2) is 11.8 Å². The highest BCUT2D eigenvalue weighted by atomic mass is 16.5. The molecule has 1 heterocycles. The lowest BCUT2D eigenvalue weighted by Gasteiger charge is -2.32. The number of aliphatic hydroxyl groups excluding tert-OH is 1. The summed E-state index contributed by atoms with van der Waals surface area (Å²) in [6, 6.07) is 0. The van der Waals surface area contributed by atoms with Gasteiger partial charge in [0.25, 0.3) is 0 Å². The summed E-state index contributed by atoms with van der Waals surface area (Å²) in [5.74, 6) is 0.716. The Balaban J connectivity index is 2.10. The fourth-order valence-electron chi connectivity index (χ4n) is 2.45. The second kappa shape index (κ2) is 3.91. The van der Waals surface area contributed by atoms with Crippen LogP contribution in [0.4, 0.5) is 0 Å². The fourth-order valence-corrected chi connectivity index (χ4v) is 2.45. The van der Waals surface area contributed by atoms with Crippen molar-refractivity contribution in [1.29, 1.82) is 0 Å². The van der Waals surface area contributed by atoms with Crippen molar-refractivity contribution in [2.45, 2.75) is 43.8 Å². The first kappa shape index (κ1) is 9.99. The van der Waals surface area contributed by atoms with Crippen LogP contribution < -0.4 is 0 Å². The normalized spacial score (nSPS) is 27.1. The van der Waals surface area contributed by atoms with Gasteiger partial charge in [0.2, 0.25) is 0 Å². The highest BCUT2D eigenvalue weighted by Crippen LogP contribution is 2.39. The van der Waals surface area contributed by atoms with E-state index in [4.69, 9.17) is 9.47 Å². The highest BCUT2D eigenvalue weighted by molar-refractivity contribution is 5.12. The van der Waals surface area contributed by atoms with Crippen LogP contribution in [0, 0.1) is 0 Å². The summed E-state index contributed by atoms with van der Waals surface area (Å²) in [6.45, 7) is 0.701. The van der Waals surface area contributed by atoms with Gasteiger partial charge in [-0.05, 0) is 18.9 Å².